The van der Waals surface area contributed by atoms with Crippen LogP contribution >= 0.6 is 11.3 Å². The van der Waals surface area contributed by atoms with Gasteiger partial charge in [0, 0.05) is 31.0 Å². The van der Waals surface area contributed by atoms with Crippen molar-refractivity contribution in [1.82, 2.24) is 25.0 Å². The number of hydrogen-bond acceptors (Lipinski definition) is 8. The highest BCUT2D eigenvalue weighted by Gasteiger charge is 2.31. The van der Waals surface area contributed by atoms with E-state index >= 15 is 0 Å². The molecule has 8 nitrogen and oxygen atoms in total. The third-order valence-electron chi connectivity index (χ3n) is 4.47. The molecule has 1 N–H and O–H groups in total. The number of thiazole rings is 1. The molecular formula is C18H20N6O2S. The van der Waals surface area contributed by atoms with E-state index in [1.54, 1.807) is 13.1 Å². The quantitative estimate of drug-likeness (QED) is 0.696. The number of amides is 1. The van der Waals surface area contributed by atoms with Crippen molar-refractivity contribution in [2.45, 2.75) is 38.6 Å². The highest BCUT2D eigenvalue weighted by Crippen LogP contribution is 2.32. The number of nitrogens with one attached hydrogen (secondary N) is 1. The molecule has 3 aromatic heterocycles. The molecule has 1 amide bonds. The lowest BCUT2D eigenvalue weighted by Gasteiger charge is -2.24. The van der Waals surface area contributed by atoms with Crippen LogP contribution in [0.4, 0.5) is 10.9 Å². The number of hydrogen-bond donors (Lipinski definition) is 1. The molecule has 9 heteroatoms. The van der Waals surface area contributed by atoms with E-state index < -0.39 is 0 Å². The van der Waals surface area contributed by atoms with Gasteiger partial charge >= 0.3 is 0 Å². The molecule has 0 aromatic carbocycles. The van der Waals surface area contributed by atoms with Gasteiger partial charge in [-0.15, -0.1) is 11.3 Å². The molecule has 1 saturated heterocycles. The lowest BCUT2D eigenvalue weighted by Crippen LogP contribution is -2.31. The largest absolute Gasteiger partial charge is 0.339 e. The molecule has 1 aliphatic heterocycles. The van der Waals surface area contributed by atoms with E-state index in [-0.39, 0.29) is 11.9 Å². The zero-order valence-corrected chi connectivity index (χ0v) is 15.8. The molecule has 0 radical (unpaired) electrons. The number of aryl methyl sites for hydroxylation is 2. The van der Waals surface area contributed by atoms with Crippen LogP contribution in [0.25, 0.3) is 0 Å². The number of likely N-dealkylation sites (tertiary alicyclic amines) is 1. The van der Waals surface area contributed by atoms with Crippen molar-refractivity contribution in [3.05, 3.63) is 47.2 Å². The second kappa shape index (κ2) is 7.83. The maximum absolute atomic E-state index is 12.7. The van der Waals surface area contributed by atoms with Crippen LogP contribution in [0.5, 0.6) is 0 Å². The summed E-state index contributed by atoms with van der Waals surface area (Å²) in [6, 6.07) is 5.84. The first-order valence-corrected chi connectivity index (χ1v) is 9.79. The summed E-state index contributed by atoms with van der Waals surface area (Å²) in [6.45, 7) is 2.52. The van der Waals surface area contributed by atoms with Crippen LogP contribution in [0.2, 0.25) is 0 Å². The van der Waals surface area contributed by atoms with Crippen LogP contribution in [0.1, 0.15) is 42.7 Å². The minimum absolute atomic E-state index is 0.0000313. The third kappa shape index (κ3) is 4.13. The number of carbonyl (C=O) groups is 1. The van der Waals surface area contributed by atoms with Gasteiger partial charge < -0.3 is 14.7 Å². The highest BCUT2D eigenvalue weighted by molar-refractivity contribution is 7.13. The maximum Gasteiger partial charge on any atom is 0.227 e. The topological polar surface area (TPSA) is 97.0 Å². The molecule has 4 rings (SSSR count). The van der Waals surface area contributed by atoms with Gasteiger partial charge in [0.25, 0.3) is 0 Å². The average Bonchev–Trinajstić information content (AvgIpc) is 3.42. The Hall–Kier alpha value is -2.81. The summed E-state index contributed by atoms with van der Waals surface area (Å²) in [5.41, 5.74) is 0.899. The first-order valence-electron chi connectivity index (χ1n) is 8.91. The van der Waals surface area contributed by atoms with E-state index in [4.69, 9.17) is 9.51 Å². The standard InChI is InChI=1S/C18H20N6O2S/c1-12-20-16(26-23-12)7-8-17(25)24-10-3-5-14(24)13-4-2-6-15(21-13)22-18-19-9-11-27-18/h2,4,6,9,11,14H,3,5,7-8,10H2,1H3,(H,19,21,22)/t14-/m0/s1. The fourth-order valence-corrected chi connectivity index (χ4v) is 3.81. The van der Waals surface area contributed by atoms with Gasteiger partial charge in [0.05, 0.1) is 11.7 Å². The average molecular weight is 384 g/mol. The van der Waals surface area contributed by atoms with Crippen molar-refractivity contribution in [1.29, 1.82) is 0 Å². The lowest BCUT2D eigenvalue weighted by atomic mass is 10.1. The number of nitrogens with zero attached hydrogens (tertiary/aromatic N) is 5. The Morgan fingerprint density at radius 3 is 3.11 bits per heavy atom. The molecule has 1 atom stereocenters. The fraction of sp³-hybridized carbons (Fsp3) is 0.389. The predicted octanol–water partition coefficient (Wildman–Crippen LogP) is 3.27. The van der Waals surface area contributed by atoms with Crippen molar-refractivity contribution >= 4 is 28.2 Å². The van der Waals surface area contributed by atoms with E-state index in [9.17, 15) is 4.79 Å². The van der Waals surface area contributed by atoms with E-state index in [2.05, 4.69) is 20.4 Å². The van der Waals surface area contributed by atoms with E-state index in [1.807, 2.05) is 28.5 Å². The SMILES string of the molecule is Cc1noc(CCC(=O)N2CCC[C@H]2c2cccc(Nc3nccs3)n2)n1. The molecule has 0 aliphatic carbocycles. The van der Waals surface area contributed by atoms with E-state index in [1.165, 1.54) is 11.3 Å². The molecule has 0 unspecified atom stereocenters. The van der Waals surface area contributed by atoms with Gasteiger partial charge in [0.1, 0.15) is 5.82 Å². The molecule has 0 spiro atoms. The number of carbonyl (C=O) groups excluding carboxylic acids is 1. The number of anilines is 2. The summed E-state index contributed by atoms with van der Waals surface area (Å²) >= 11 is 1.52. The lowest BCUT2D eigenvalue weighted by molar-refractivity contribution is -0.132. The Kier molecular flexibility index (Phi) is 5.10. The third-order valence-corrected chi connectivity index (χ3v) is 5.16. The Morgan fingerprint density at radius 1 is 1.41 bits per heavy atom. The molecule has 4 heterocycles. The van der Waals surface area contributed by atoms with Gasteiger partial charge in [-0.3, -0.25) is 4.79 Å². The van der Waals surface area contributed by atoms with Gasteiger partial charge in [-0.2, -0.15) is 4.98 Å². The Bertz CT molecular complexity index is 910. The van der Waals surface area contributed by atoms with Gasteiger partial charge in [-0.05, 0) is 31.9 Å². The zero-order chi connectivity index (χ0) is 18.6. The number of rotatable bonds is 6. The molecule has 3 aromatic rings. The van der Waals surface area contributed by atoms with Gasteiger partial charge in [-0.1, -0.05) is 11.2 Å². The van der Waals surface area contributed by atoms with Crippen molar-refractivity contribution in [2.75, 3.05) is 11.9 Å². The summed E-state index contributed by atoms with van der Waals surface area (Å²) in [5, 5.41) is 9.68. The highest BCUT2D eigenvalue weighted by atomic mass is 32.1. The second-order valence-electron chi connectivity index (χ2n) is 6.39. The summed E-state index contributed by atoms with van der Waals surface area (Å²) in [6.07, 6.45) is 4.46. The van der Waals surface area contributed by atoms with Crippen molar-refractivity contribution in [3.8, 4) is 0 Å². The molecule has 27 heavy (non-hydrogen) atoms. The smallest absolute Gasteiger partial charge is 0.227 e. The Labute approximate surface area is 160 Å². The molecule has 0 bridgehead atoms. The summed E-state index contributed by atoms with van der Waals surface area (Å²) in [5.74, 6) is 1.92. The molecule has 140 valence electrons. The minimum atomic E-state index is -0.0000313. The van der Waals surface area contributed by atoms with Crippen LogP contribution < -0.4 is 5.32 Å². The summed E-state index contributed by atoms with van der Waals surface area (Å²) in [7, 11) is 0. The Balaban J connectivity index is 1.43. The van der Waals surface area contributed by atoms with E-state index in [0.29, 0.717) is 24.6 Å². The molecule has 0 saturated carbocycles. The van der Waals surface area contributed by atoms with Gasteiger partial charge in [0.15, 0.2) is 11.0 Å². The number of pyridine rings is 1. The number of aromatic nitrogens is 4. The van der Waals surface area contributed by atoms with E-state index in [0.717, 1.165) is 36.0 Å². The molecular weight excluding hydrogens is 364 g/mol. The Morgan fingerprint density at radius 2 is 2.33 bits per heavy atom. The van der Waals surface area contributed by atoms with Crippen LogP contribution in [0, 0.1) is 6.92 Å². The fourth-order valence-electron chi connectivity index (χ4n) is 3.27. The van der Waals surface area contributed by atoms with Gasteiger partial charge in [0.2, 0.25) is 11.8 Å². The van der Waals surface area contributed by atoms with Crippen LogP contribution in [-0.2, 0) is 11.2 Å². The van der Waals surface area contributed by atoms with Crippen molar-refractivity contribution in [3.63, 3.8) is 0 Å². The predicted molar refractivity (Wildman–Crippen MR) is 101 cm³/mol. The first kappa shape index (κ1) is 17.6. The van der Waals surface area contributed by atoms with Crippen molar-refractivity contribution < 1.29 is 9.32 Å². The van der Waals surface area contributed by atoms with Crippen LogP contribution in [0.15, 0.2) is 34.3 Å². The van der Waals surface area contributed by atoms with Crippen molar-refractivity contribution in [2.24, 2.45) is 0 Å². The normalized spacial score (nSPS) is 16.6. The molecule has 1 aliphatic rings. The maximum atomic E-state index is 12.7. The summed E-state index contributed by atoms with van der Waals surface area (Å²) in [4.78, 5) is 27.7. The van der Waals surface area contributed by atoms with Crippen LogP contribution in [-0.4, -0.2) is 37.5 Å². The molecule has 1 fully saturated rings. The van der Waals surface area contributed by atoms with Gasteiger partial charge in [-0.25, -0.2) is 9.97 Å². The van der Waals surface area contributed by atoms with Crippen LogP contribution in [0.3, 0.4) is 0 Å². The monoisotopic (exact) mass is 384 g/mol. The minimum Gasteiger partial charge on any atom is -0.339 e. The first-order chi connectivity index (χ1) is 13.2. The summed E-state index contributed by atoms with van der Waals surface area (Å²) < 4.78 is 5.10. The zero-order valence-electron chi connectivity index (χ0n) is 15.0. The second-order valence-corrected chi connectivity index (χ2v) is 7.29.